The minimum atomic E-state index is -0.0331. The van der Waals surface area contributed by atoms with Crippen molar-refractivity contribution < 1.29 is 4.79 Å². The van der Waals surface area contributed by atoms with Gasteiger partial charge in [0.05, 0.1) is 28.6 Å². The van der Waals surface area contributed by atoms with Gasteiger partial charge in [0, 0.05) is 18.3 Å². The lowest BCUT2D eigenvalue weighted by Gasteiger charge is -2.31. The van der Waals surface area contributed by atoms with E-state index in [4.69, 9.17) is 4.98 Å². The molecule has 140 valence electrons. The Balaban J connectivity index is 1.79. The summed E-state index contributed by atoms with van der Waals surface area (Å²) < 4.78 is 0. The number of aryl methyl sites for hydroxylation is 3. The molecule has 1 aliphatic heterocycles. The molecule has 0 bridgehead atoms. The summed E-state index contributed by atoms with van der Waals surface area (Å²) in [6.45, 7) is 12.1. The molecule has 0 spiro atoms. The van der Waals surface area contributed by atoms with Crippen LogP contribution in [0, 0.1) is 19.3 Å². The van der Waals surface area contributed by atoms with Crippen LogP contribution >= 0.6 is 11.3 Å². The fourth-order valence-corrected chi connectivity index (χ4v) is 3.88. The molecule has 1 amide bonds. The Hall–Kier alpha value is -1.95. The predicted octanol–water partition coefficient (Wildman–Crippen LogP) is 4.48. The third kappa shape index (κ3) is 4.61. The van der Waals surface area contributed by atoms with Gasteiger partial charge in [-0.15, -0.1) is 11.3 Å². The number of pyridine rings is 1. The van der Waals surface area contributed by atoms with Crippen LogP contribution in [-0.2, 0) is 17.8 Å². The molecule has 6 heteroatoms. The highest BCUT2D eigenvalue weighted by Gasteiger charge is 2.22. The number of amides is 1. The second kappa shape index (κ2) is 7.35. The number of nitrogens with one attached hydrogen (secondary N) is 1. The molecule has 0 fully saturated rings. The van der Waals surface area contributed by atoms with Crippen molar-refractivity contribution in [3.05, 3.63) is 33.4 Å². The van der Waals surface area contributed by atoms with E-state index in [1.807, 2.05) is 13.8 Å². The lowest BCUT2D eigenvalue weighted by Crippen LogP contribution is -2.30. The number of thiazole rings is 1. The van der Waals surface area contributed by atoms with Gasteiger partial charge < -0.3 is 10.2 Å². The number of anilines is 2. The van der Waals surface area contributed by atoms with Gasteiger partial charge in [-0.1, -0.05) is 20.8 Å². The second-order valence-corrected chi connectivity index (χ2v) is 9.35. The summed E-state index contributed by atoms with van der Waals surface area (Å²) >= 11 is 1.69. The molecule has 26 heavy (non-hydrogen) atoms. The van der Waals surface area contributed by atoms with Crippen LogP contribution in [0.4, 0.5) is 11.5 Å². The first-order valence-electron chi connectivity index (χ1n) is 9.17. The van der Waals surface area contributed by atoms with Crippen LogP contribution in [0.5, 0.6) is 0 Å². The van der Waals surface area contributed by atoms with Crippen molar-refractivity contribution in [1.82, 2.24) is 9.97 Å². The number of hydrogen-bond acceptors (Lipinski definition) is 5. The monoisotopic (exact) mass is 372 g/mol. The largest absolute Gasteiger partial charge is 0.364 e. The molecule has 1 aliphatic rings. The summed E-state index contributed by atoms with van der Waals surface area (Å²) in [4.78, 5) is 24.0. The van der Waals surface area contributed by atoms with E-state index in [0.29, 0.717) is 12.2 Å². The fourth-order valence-electron chi connectivity index (χ4n) is 3.28. The molecule has 0 atom stereocenters. The van der Waals surface area contributed by atoms with Crippen LogP contribution in [0.3, 0.4) is 0 Å². The Bertz CT molecular complexity index is 807. The standard InChI is InChI=1S/C20H28N4OS/c1-13-9-17-16(22-19(13)23-18(25)10-20(3,4)5)7-6-8-24(17)11-15-12-26-14(2)21-15/h9,12H,6-8,10-11H2,1-5H3,(H,22,23,25). The maximum absolute atomic E-state index is 12.3. The van der Waals surface area contributed by atoms with E-state index < -0.39 is 0 Å². The quantitative estimate of drug-likeness (QED) is 0.859. The van der Waals surface area contributed by atoms with Crippen molar-refractivity contribution in [2.24, 2.45) is 5.41 Å². The van der Waals surface area contributed by atoms with Crippen LogP contribution in [0.25, 0.3) is 0 Å². The van der Waals surface area contributed by atoms with E-state index in [1.54, 1.807) is 11.3 Å². The summed E-state index contributed by atoms with van der Waals surface area (Å²) in [5, 5.41) is 6.24. The highest BCUT2D eigenvalue weighted by atomic mass is 32.1. The van der Waals surface area contributed by atoms with Crippen molar-refractivity contribution in [3.63, 3.8) is 0 Å². The molecule has 1 N–H and O–H groups in total. The predicted molar refractivity (Wildman–Crippen MR) is 108 cm³/mol. The summed E-state index contributed by atoms with van der Waals surface area (Å²) in [6.07, 6.45) is 2.51. The van der Waals surface area contributed by atoms with Gasteiger partial charge in [0.1, 0.15) is 5.82 Å². The average molecular weight is 373 g/mol. The van der Waals surface area contributed by atoms with Crippen molar-refractivity contribution in [3.8, 4) is 0 Å². The molecule has 3 heterocycles. The third-order valence-corrected chi connectivity index (χ3v) is 5.24. The van der Waals surface area contributed by atoms with Crippen molar-refractivity contribution >= 4 is 28.7 Å². The van der Waals surface area contributed by atoms with Gasteiger partial charge in [-0.05, 0) is 43.7 Å². The van der Waals surface area contributed by atoms with Gasteiger partial charge >= 0.3 is 0 Å². The van der Waals surface area contributed by atoms with Gasteiger partial charge in [-0.2, -0.15) is 0 Å². The summed E-state index contributed by atoms with van der Waals surface area (Å²) in [5.74, 6) is 0.725. The first-order chi connectivity index (χ1) is 12.2. The molecule has 0 radical (unpaired) electrons. The number of carbonyl (C=O) groups excluding carboxylic acids is 1. The lowest BCUT2D eigenvalue weighted by atomic mass is 9.92. The zero-order valence-corrected chi connectivity index (χ0v) is 17.2. The summed E-state index contributed by atoms with van der Waals surface area (Å²) in [6, 6.07) is 2.16. The van der Waals surface area contributed by atoms with Gasteiger partial charge in [0.15, 0.2) is 0 Å². The van der Waals surface area contributed by atoms with E-state index in [1.165, 1.54) is 5.69 Å². The van der Waals surface area contributed by atoms with E-state index in [2.05, 4.69) is 47.4 Å². The van der Waals surface area contributed by atoms with E-state index in [0.717, 1.165) is 47.9 Å². The van der Waals surface area contributed by atoms with E-state index in [9.17, 15) is 4.79 Å². The van der Waals surface area contributed by atoms with Crippen LogP contribution < -0.4 is 10.2 Å². The minimum Gasteiger partial charge on any atom is -0.364 e. The Morgan fingerprint density at radius 1 is 1.31 bits per heavy atom. The number of carbonyl (C=O) groups is 1. The van der Waals surface area contributed by atoms with Crippen LogP contribution in [-0.4, -0.2) is 22.4 Å². The maximum atomic E-state index is 12.3. The minimum absolute atomic E-state index is 0.0265. The number of nitrogens with zero attached hydrogens (tertiary/aromatic N) is 3. The van der Waals surface area contributed by atoms with E-state index >= 15 is 0 Å². The molecule has 0 saturated carbocycles. The van der Waals surface area contributed by atoms with Gasteiger partial charge in [0.25, 0.3) is 0 Å². The SMILES string of the molecule is Cc1nc(CN2CCCc3nc(NC(=O)CC(C)(C)C)c(C)cc32)cs1. The second-order valence-electron chi connectivity index (χ2n) is 8.29. The van der Waals surface area contributed by atoms with Crippen molar-refractivity contribution in [2.45, 2.75) is 60.4 Å². The maximum Gasteiger partial charge on any atom is 0.226 e. The molecule has 0 unspecified atom stereocenters. The Morgan fingerprint density at radius 3 is 2.73 bits per heavy atom. The molecule has 0 aromatic carbocycles. The highest BCUT2D eigenvalue weighted by Crippen LogP contribution is 2.31. The molecule has 0 saturated heterocycles. The number of rotatable bonds is 4. The molecule has 2 aromatic heterocycles. The molecule has 2 aromatic rings. The normalized spacial score (nSPS) is 14.3. The molecule has 0 aliphatic carbocycles. The molecular formula is C20H28N4OS. The molecular weight excluding hydrogens is 344 g/mol. The highest BCUT2D eigenvalue weighted by molar-refractivity contribution is 7.09. The van der Waals surface area contributed by atoms with E-state index in [-0.39, 0.29) is 11.3 Å². The fraction of sp³-hybridized carbons (Fsp3) is 0.550. The number of aromatic nitrogens is 2. The first-order valence-corrected chi connectivity index (χ1v) is 10.1. The smallest absolute Gasteiger partial charge is 0.226 e. The Kier molecular flexibility index (Phi) is 5.32. The average Bonchev–Trinajstić information content (AvgIpc) is 2.92. The topological polar surface area (TPSA) is 58.1 Å². The Labute approximate surface area is 159 Å². The first kappa shape index (κ1) is 18.8. The summed E-state index contributed by atoms with van der Waals surface area (Å²) in [7, 11) is 0. The van der Waals surface area contributed by atoms with Gasteiger partial charge in [-0.25, -0.2) is 9.97 Å². The number of hydrogen-bond donors (Lipinski definition) is 1. The Morgan fingerprint density at radius 2 is 2.08 bits per heavy atom. The summed E-state index contributed by atoms with van der Waals surface area (Å²) in [5.41, 5.74) is 4.33. The van der Waals surface area contributed by atoms with Crippen LogP contribution in [0.2, 0.25) is 0 Å². The van der Waals surface area contributed by atoms with Crippen molar-refractivity contribution in [1.29, 1.82) is 0 Å². The molecule has 3 rings (SSSR count). The third-order valence-electron chi connectivity index (χ3n) is 4.42. The number of fused-ring (bicyclic) bond motifs is 1. The van der Waals surface area contributed by atoms with Crippen LogP contribution in [0.1, 0.15) is 55.6 Å². The van der Waals surface area contributed by atoms with Gasteiger partial charge in [-0.3, -0.25) is 4.79 Å². The zero-order chi connectivity index (χ0) is 18.9. The van der Waals surface area contributed by atoms with Crippen molar-refractivity contribution in [2.75, 3.05) is 16.8 Å². The van der Waals surface area contributed by atoms with Crippen LogP contribution in [0.15, 0.2) is 11.4 Å². The zero-order valence-electron chi connectivity index (χ0n) is 16.3. The lowest BCUT2D eigenvalue weighted by molar-refractivity contribution is -0.117. The van der Waals surface area contributed by atoms with Gasteiger partial charge in [0.2, 0.25) is 5.91 Å². The molecule has 5 nitrogen and oxygen atoms in total.